The molecule has 1 N–H and O–H groups in total. The van der Waals surface area contributed by atoms with Gasteiger partial charge in [-0.05, 0) is 55.3 Å². The maximum absolute atomic E-state index is 14.0. The van der Waals surface area contributed by atoms with E-state index in [9.17, 15) is 22.8 Å². The van der Waals surface area contributed by atoms with E-state index in [1.807, 2.05) is 0 Å². The van der Waals surface area contributed by atoms with Gasteiger partial charge in [0.1, 0.15) is 11.9 Å². The number of hydrogen-bond donors (Lipinski definition) is 1. The molecule has 1 aliphatic carbocycles. The van der Waals surface area contributed by atoms with Crippen LogP contribution in [-0.2, 0) is 12.6 Å². The Morgan fingerprint density at radius 1 is 1.12 bits per heavy atom. The number of carboxylic acids is 1. The van der Waals surface area contributed by atoms with E-state index in [0.29, 0.717) is 28.6 Å². The zero-order valence-electron chi connectivity index (χ0n) is 22.2. The minimum absolute atomic E-state index is 0.0187. The first kappa shape index (κ1) is 27.0. The Bertz CT molecular complexity index is 1850. The summed E-state index contributed by atoms with van der Waals surface area (Å²) in [7, 11) is 1.55. The summed E-state index contributed by atoms with van der Waals surface area (Å²) in [5.74, 6) is -0.805. The minimum atomic E-state index is -4.70. The van der Waals surface area contributed by atoms with E-state index < -0.39 is 29.9 Å². The highest BCUT2D eigenvalue weighted by Crippen LogP contribution is 2.43. The number of ether oxygens (including phenoxy) is 1. The van der Waals surface area contributed by atoms with Crippen molar-refractivity contribution in [3.8, 4) is 11.4 Å². The number of benzene rings is 2. The molecule has 1 unspecified atom stereocenters. The van der Waals surface area contributed by atoms with Crippen molar-refractivity contribution in [3.05, 3.63) is 94.8 Å². The van der Waals surface area contributed by atoms with Gasteiger partial charge in [0, 0.05) is 31.2 Å². The molecule has 3 heterocycles. The number of carbonyl (C=O) groups excluding carboxylic acids is 1. The lowest BCUT2D eigenvalue weighted by Gasteiger charge is -2.19. The molecular weight excluding hydrogens is 555 g/mol. The number of halogens is 3. The highest BCUT2D eigenvalue weighted by atomic mass is 19.4. The molecule has 42 heavy (non-hydrogen) atoms. The molecule has 13 heteroatoms. The summed E-state index contributed by atoms with van der Waals surface area (Å²) in [6.07, 6.45) is -3.67. The number of alkyl halides is 3. The first-order chi connectivity index (χ1) is 20.0. The molecule has 0 saturated heterocycles. The molecule has 0 aliphatic heterocycles. The van der Waals surface area contributed by atoms with E-state index in [0.717, 1.165) is 0 Å². The van der Waals surface area contributed by atoms with Gasteiger partial charge in [-0.15, -0.1) is 0 Å². The minimum Gasteiger partial charge on any atom is -0.484 e. The molecule has 1 atom stereocenters. The van der Waals surface area contributed by atoms with Gasteiger partial charge in [0.05, 0.1) is 28.8 Å². The second-order valence-corrected chi connectivity index (χ2v) is 9.76. The van der Waals surface area contributed by atoms with Gasteiger partial charge in [0.2, 0.25) is 0 Å². The normalized spacial score (nSPS) is 14.6. The van der Waals surface area contributed by atoms with Gasteiger partial charge in [0.25, 0.3) is 5.91 Å². The van der Waals surface area contributed by atoms with Gasteiger partial charge in [0.15, 0.2) is 22.8 Å². The van der Waals surface area contributed by atoms with Crippen molar-refractivity contribution in [3.63, 3.8) is 0 Å². The van der Waals surface area contributed by atoms with Crippen molar-refractivity contribution in [2.45, 2.75) is 32.0 Å². The Hall–Kier alpha value is -5.20. The Morgan fingerprint density at radius 3 is 2.60 bits per heavy atom. The van der Waals surface area contributed by atoms with E-state index in [2.05, 4.69) is 15.1 Å². The average molecular weight is 578 g/mol. The SMILES string of the molecule is Cc1nc2ncc(N(C)C(=O)c3cccc(-n4nc(C(F)(F)F)c5c4C(Oc4ccc(C(=O)O)cc4)CC5)c3)cc2o1. The highest BCUT2D eigenvalue weighted by Gasteiger charge is 2.43. The monoisotopic (exact) mass is 577 g/mol. The second-order valence-electron chi connectivity index (χ2n) is 9.76. The number of pyridine rings is 1. The van der Waals surface area contributed by atoms with Gasteiger partial charge in [-0.1, -0.05) is 6.07 Å². The van der Waals surface area contributed by atoms with Gasteiger partial charge in [-0.3, -0.25) is 4.79 Å². The van der Waals surface area contributed by atoms with Crippen LogP contribution in [0.15, 0.2) is 65.2 Å². The van der Waals surface area contributed by atoms with Crippen LogP contribution in [-0.4, -0.2) is 43.8 Å². The van der Waals surface area contributed by atoms with Crippen molar-refractivity contribution < 1.29 is 37.0 Å². The standard InChI is InChI=1S/C29H22F3N5O5/c1-15-34-26-23(41-15)13-19(14-33-26)36(2)27(38)17-4-3-5-18(12-17)37-24-21(25(35-37)29(30,31)32)10-11-22(24)42-20-8-6-16(7-9-20)28(39)40/h3-9,12-14,22H,10-11H2,1-2H3,(H,39,40). The molecule has 0 bridgehead atoms. The lowest BCUT2D eigenvalue weighted by molar-refractivity contribution is -0.141. The van der Waals surface area contributed by atoms with Crippen molar-refractivity contribution in [1.29, 1.82) is 0 Å². The number of anilines is 1. The van der Waals surface area contributed by atoms with E-state index in [4.69, 9.17) is 14.3 Å². The summed E-state index contributed by atoms with van der Waals surface area (Å²) in [4.78, 5) is 34.3. The Labute approximate surface area is 236 Å². The van der Waals surface area contributed by atoms with Crippen molar-refractivity contribution in [2.75, 3.05) is 11.9 Å². The van der Waals surface area contributed by atoms with Crippen LogP contribution in [0.5, 0.6) is 5.75 Å². The zero-order valence-corrected chi connectivity index (χ0v) is 22.2. The molecule has 10 nitrogen and oxygen atoms in total. The lowest BCUT2D eigenvalue weighted by atomic mass is 10.1. The second kappa shape index (κ2) is 10.0. The number of nitrogens with zero attached hydrogens (tertiary/aromatic N) is 5. The third kappa shape index (κ3) is 4.82. The van der Waals surface area contributed by atoms with Crippen LogP contribution in [0, 0.1) is 6.92 Å². The summed E-state index contributed by atoms with van der Waals surface area (Å²) in [6, 6.07) is 13.4. The van der Waals surface area contributed by atoms with Crippen molar-refractivity contribution >= 4 is 28.8 Å². The number of carboxylic acid groups (broad SMARTS) is 1. The summed E-state index contributed by atoms with van der Waals surface area (Å²) < 4.78 is 54.7. The van der Waals surface area contributed by atoms with Crippen LogP contribution in [0.3, 0.4) is 0 Å². The topological polar surface area (TPSA) is 124 Å². The number of rotatable bonds is 6. The highest BCUT2D eigenvalue weighted by molar-refractivity contribution is 6.06. The molecular formula is C29H22F3N5O5. The smallest absolute Gasteiger partial charge is 0.435 e. The van der Waals surface area contributed by atoms with Crippen molar-refractivity contribution in [2.24, 2.45) is 0 Å². The summed E-state index contributed by atoms with van der Waals surface area (Å²) in [5, 5.41) is 13.1. The first-order valence-corrected chi connectivity index (χ1v) is 12.8. The molecule has 0 saturated carbocycles. The number of oxazole rings is 1. The molecule has 2 aromatic carbocycles. The summed E-state index contributed by atoms with van der Waals surface area (Å²) >= 11 is 0. The van der Waals surface area contributed by atoms with Crippen LogP contribution in [0.25, 0.3) is 16.9 Å². The predicted molar refractivity (Wildman–Crippen MR) is 143 cm³/mol. The van der Waals surface area contributed by atoms with Crippen molar-refractivity contribution in [1.82, 2.24) is 19.7 Å². The number of carbonyl (C=O) groups is 2. The number of amides is 1. The fourth-order valence-electron chi connectivity index (χ4n) is 5.01. The molecule has 6 rings (SSSR count). The molecule has 1 amide bonds. The number of aryl methyl sites for hydroxylation is 1. The molecule has 1 aliphatic rings. The molecule has 0 fully saturated rings. The summed E-state index contributed by atoms with van der Waals surface area (Å²) in [6.45, 7) is 1.68. The van der Waals surface area contributed by atoms with E-state index in [1.165, 1.54) is 46.1 Å². The van der Waals surface area contributed by atoms with Crippen LogP contribution in [0.4, 0.5) is 18.9 Å². The van der Waals surface area contributed by atoms with Gasteiger partial charge in [-0.25, -0.2) is 14.5 Å². The lowest BCUT2D eigenvalue weighted by Crippen LogP contribution is -2.26. The Balaban J connectivity index is 1.34. The summed E-state index contributed by atoms with van der Waals surface area (Å²) in [5.41, 5.74) is 0.991. The maximum Gasteiger partial charge on any atom is 0.435 e. The van der Waals surface area contributed by atoms with Crippen LogP contribution < -0.4 is 9.64 Å². The van der Waals surface area contributed by atoms with E-state index in [1.54, 1.807) is 38.2 Å². The van der Waals surface area contributed by atoms with E-state index in [-0.39, 0.29) is 40.9 Å². The zero-order chi connectivity index (χ0) is 29.8. The van der Waals surface area contributed by atoms with Crippen LogP contribution in [0.1, 0.15) is 56.1 Å². The molecule has 0 spiro atoms. The number of aromatic carboxylic acids is 1. The third-order valence-corrected chi connectivity index (χ3v) is 7.00. The largest absolute Gasteiger partial charge is 0.484 e. The third-order valence-electron chi connectivity index (χ3n) is 7.00. The molecule has 5 aromatic rings. The quantitative estimate of drug-likeness (QED) is 0.270. The van der Waals surface area contributed by atoms with Gasteiger partial charge < -0.3 is 19.2 Å². The fourth-order valence-corrected chi connectivity index (χ4v) is 5.01. The first-order valence-electron chi connectivity index (χ1n) is 12.8. The molecule has 214 valence electrons. The van der Waals surface area contributed by atoms with Crippen LogP contribution >= 0.6 is 0 Å². The molecule has 3 aromatic heterocycles. The Kier molecular flexibility index (Phi) is 6.44. The van der Waals surface area contributed by atoms with Gasteiger partial charge in [-0.2, -0.15) is 23.3 Å². The van der Waals surface area contributed by atoms with Gasteiger partial charge >= 0.3 is 12.1 Å². The fraction of sp³-hybridized carbons (Fsp3) is 0.207. The average Bonchev–Trinajstić information content (AvgIpc) is 3.65. The number of hydrogen-bond acceptors (Lipinski definition) is 7. The number of aromatic nitrogens is 4. The van der Waals surface area contributed by atoms with E-state index >= 15 is 0 Å². The number of fused-ring (bicyclic) bond motifs is 2. The maximum atomic E-state index is 14.0. The van der Waals surface area contributed by atoms with Crippen LogP contribution in [0.2, 0.25) is 0 Å². The Morgan fingerprint density at radius 2 is 1.88 bits per heavy atom. The predicted octanol–water partition coefficient (Wildman–Crippen LogP) is 5.78. The molecule has 0 radical (unpaired) electrons.